The minimum atomic E-state index is 0.704. The van der Waals surface area contributed by atoms with Crippen molar-refractivity contribution in [2.75, 3.05) is 13.7 Å². The number of quaternary nitrogens is 1. The molecule has 0 saturated heterocycles. The van der Waals surface area contributed by atoms with Crippen LogP contribution >= 0.6 is 0 Å². The van der Waals surface area contributed by atoms with Gasteiger partial charge in [-0.3, -0.25) is 0 Å². The summed E-state index contributed by atoms with van der Waals surface area (Å²) in [6.07, 6.45) is 3.61. The highest BCUT2D eigenvalue weighted by Gasteiger charge is 2.23. The molecule has 22 heavy (non-hydrogen) atoms. The van der Waals surface area contributed by atoms with Crippen molar-refractivity contribution in [3.05, 3.63) is 65.2 Å². The van der Waals surface area contributed by atoms with Gasteiger partial charge in [0.05, 0.1) is 19.7 Å². The summed E-state index contributed by atoms with van der Waals surface area (Å²) in [5.41, 5.74) is 4.50. The van der Waals surface area contributed by atoms with Gasteiger partial charge < -0.3 is 9.64 Å². The molecule has 2 nitrogen and oxygen atoms in total. The van der Waals surface area contributed by atoms with E-state index in [1.165, 1.54) is 31.5 Å². The lowest BCUT2D eigenvalue weighted by Gasteiger charge is -2.31. The van der Waals surface area contributed by atoms with Gasteiger partial charge in [0.2, 0.25) is 0 Å². The van der Waals surface area contributed by atoms with E-state index >= 15 is 0 Å². The van der Waals surface area contributed by atoms with Crippen LogP contribution in [0.15, 0.2) is 48.5 Å². The highest BCUT2D eigenvalue weighted by Crippen LogP contribution is 2.14. The molecule has 1 aliphatic heterocycles. The lowest BCUT2D eigenvalue weighted by molar-refractivity contribution is -0.939. The lowest BCUT2D eigenvalue weighted by Crippen LogP contribution is -3.15. The van der Waals surface area contributed by atoms with Crippen LogP contribution < -0.4 is 9.64 Å². The number of fused-ring (bicyclic) bond motifs is 1. The van der Waals surface area contributed by atoms with E-state index in [2.05, 4.69) is 55.5 Å². The first-order chi connectivity index (χ1) is 10.8. The summed E-state index contributed by atoms with van der Waals surface area (Å²) < 4.78 is 5.22. The monoisotopic (exact) mass is 296 g/mol. The number of rotatable bonds is 5. The summed E-state index contributed by atoms with van der Waals surface area (Å²) in [7, 11) is 1.72. The molecule has 2 atom stereocenters. The van der Waals surface area contributed by atoms with Crippen molar-refractivity contribution in [3.63, 3.8) is 0 Å². The van der Waals surface area contributed by atoms with Crippen molar-refractivity contribution in [3.8, 4) is 5.75 Å². The van der Waals surface area contributed by atoms with Crippen LogP contribution in [0.1, 0.15) is 30.0 Å². The van der Waals surface area contributed by atoms with Crippen LogP contribution in [0.5, 0.6) is 5.75 Å². The summed E-state index contributed by atoms with van der Waals surface area (Å²) in [6, 6.07) is 18.1. The van der Waals surface area contributed by atoms with E-state index in [4.69, 9.17) is 4.74 Å². The minimum absolute atomic E-state index is 0.704. The zero-order valence-electron chi connectivity index (χ0n) is 13.6. The number of methoxy groups -OCH3 is 1. The Hall–Kier alpha value is -1.80. The fourth-order valence-electron chi connectivity index (χ4n) is 3.40. The van der Waals surface area contributed by atoms with Crippen LogP contribution in [0.4, 0.5) is 0 Å². The maximum Gasteiger partial charge on any atom is 0.118 e. The third kappa shape index (κ3) is 3.50. The van der Waals surface area contributed by atoms with E-state index < -0.39 is 0 Å². The second kappa shape index (κ2) is 6.97. The molecule has 116 valence electrons. The largest absolute Gasteiger partial charge is 0.497 e. The molecule has 1 heterocycles. The summed E-state index contributed by atoms with van der Waals surface area (Å²) in [6.45, 7) is 4.84. The van der Waals surface area contributed by atoms with Crippen molar-refractivity contribution in [1.82, 2.24) is 0 Å². The quantitative estimate of drug-likeness (QED) is 0.895. The predicted molar refractivity (Wildman–Crippen MR) is 90.5 cm³/mol. The fourth-order valence-corrected chi connectivity index (χ4v) is 3.40. The first-order valence-corrected chi connectivity index (χ1v) is 8.30. The molecular formula is C20H26NO+. The van der Waals surface area contributed by atoms with Gasteiger partial charge in [-0.2, -0.15) is 0 Å². The van der Waals surface area contributed by atoms with Crippen molar-refractivity contribution in [2.24, 2.45) is 0 Å². The Morgan fingerprint density at radius 1 is 1.05 bits per heavy atom. The van der Waals surface area contributed by atoms with Crippen LogP contribution in [-0.4, -0.2) is 19.7 Å². The lowest BCUT2D eigenvalue weighted by atomic mass is 9.97. The SMILES string of the molecule is COc1ccc(CC[C@@H](C)[NH+]2CCc3ccccc3C2)cc1. The Morgan fingerprint density at radius 2 is 1.77 bits per heavy atom. The van der Waals surface area contributed by atoms with Gasteiger partial charge in [0.1, 0.15) is 12.3 Å². The normalized spacial score (nSPS) is 18.5. The van der Waals surface area contributed by atoms with Gasteiger partial charge in [-0.1, -0.05) is 36.4 Å². The Morgan fingerprint density at radius 3 is 2.50 bits per heavy atom. The first kappa shape index (κ1) is 15.1. The maximum atomic E-state index is 5.22. The average Bonchev–Trinajstić information content (AvgIpc) is 2.59. The second-order valence-corrected chi connectivity index (χ2v) is 6.39. The zero-order chi connectivity index (χ0) is 15.4. The van der Waals surface area contributed by atoms with Crippen molar-refractivity contribution in [2.45, 2.75) is 38.8 Å². The van der Waals surface area contributed by atoms with E-state index in [1.54, 1.807) is 23.1 Å². The van der Waals surface area contributed by atoms with Gasteiger partial charge in [-0.05, 0) is 36.6 Å². The molecule has 2 aromatic carbocycles. The van der Waals surface area contributed by atoms with Gasteiger partial charge in [0, 0.05) is 18.4 Å². The van der Waals surface area contributed by atoms with Crippen LogP contribution in [0, 0.1) is 0 Å². The van der Waals surface area contributed by atoms with Crippen LogP contribution in [0.2, 0.25) is 0 Å². The predicted octanol–water partition coefficient (Wildman–Crippen LogP) is 2.66. The summed E-state index contributed by atoms with van der Waals surface area (Å²) in [5.74, 6) is 0.940. The number of hydrogen-bond acceptors (Lipinski definition) is 1. The number of ether oxygens (including phenoxy) is 1. The second-order valence-electron chi connectivity index (χ2n) is 6.39. The van der Waals surface area contributed by atoms with Gasteiger partial charge >= 0.3 is 0 Å². The van der Waals surface area contributed by atoms with E-state index in [9.17, 15) is 0 Å². The fraction of sp³-hybridized carbons (Fsp3) is 0.400. The number of benzene rings is 2. The van der Waals surface area contributed by atoms with Crippen molar-refractivity contribution < 1.29 is 9.64 Å². The summed E-state index contributed by atoms with van der Waals surface area (Å²) >= 11 is 0. The van der Waals surface area contributed by atoms with Crippen LogP contribution in [0.25, 0.3) is 0 Å². The first-order valence-electron chi connectivity index (χ1n) is 8.30. The molecule has 1 unspecified atom stereocenters. The van der Waals surface area contributed by atoms with E-state index in [1.807, 2.05) is 0 Å². The van der Waals surface area contributed by atoms with E-state index in [0.29, 0.717) is 6.04 Å². The summed E-state index contributed by atoms with van der Waals surface area (Å²) in [4.78, 5) is 1.73. The molecule has 1 aliphatic rings. The Kier molecular flexibility index (Phi) is 4.79. The Bertz CT molecular complexity index is 605. The van der Waals surface area contributed by atoms with E-state index in [0.717, 1.165) is 12.2 Å². The van der Waals surface area contributed by atoms with Crippen molar-refractivity contribution in [1.29, 1.82) is 0 Å². The molecule has 0 spiro atoms. The molecule has 1 N–H and O–H groups in total. The molecule has 0 saturated carbocycles. The third-order valence-corrected chi connectivity index (χ3v) is 4.97. The third-order valence-electron chi connectivity index (χ3n) is 4.97. The van der Waals surface area contributed by atoms with Gasteiger partial charge in [0.15, 0.2) is 0 Å². The molecule has 0 aliphatic carbocycles. The Balaban J connectivity index is 1.55. The highest BCUT2D eigenvalue weighted by atomic mass is 16.5. The van der Waals surface area contributed by atoms with Gasteiger partial charge in [-0.25, -0.2) is 0 Å². The molecule has 0 bridgehead atoms. The highest BCUT2D eigenvalue weighted by molar-refractivity contribution is 5.28. The molecule has 0 fully saturated rings. The topological polar surface area (TPSA) is 13.7 Å². The van der Waals surface area contributed by atoms with Crippen molar-refractivity contribution >= 4 is 0 Å². The number of hydrogen-bond donors (Lipinski definition) is 1. The molecule has 2 aromatic rings. The average molecular weight is 296 g/mol. The number of aryl methyl sites for hydroxylation is 1. The molecular weight excluding hydrogens is 270 g/mol. The maximum absolute atomic E-state index is 5.22. The molecule has 0 amide bonds. The van der Waals surface area contributed by atoms with Gasteiger partial charge in [-0.15, -0.1) is 0 Å². The van der Waals surface area contributed by atoms with Gasteiger partial charge in [0.25, 0.3) is 0 Å². The Labute approximate surface area is 133 Å². The zero-order valence-corrected chi connectivity index (χ0v) is 13.6. The van der Waals surface area contributed by atoms with Crippen LogP contribution in [0.3, 0.4) is 0 Å². The minimum Gasteiger partial charge on any atom is -0.497 e. The van der Waals surface area contributed by atoms with E-state index in [-0.39, 0.29) is 0 Å². The number of nitrogens with one attached hydrogen (secondary N) is 1. The molecule has 0 aromatic heterocycles. The smallest absolute Gasteiger partial charge is 0.118 e. The summed E-state index contributed by atoms with van der Waals surface area (Å²) in [5, 5.41) is 0. The van der Waals surface area contributed by atoms with Crippen LogP contribution in [-0.2, 0) is 19.4 Å². The molecule has 2 heteroatoms. The molecule has 3 rings (SSSR count). The molecule has 0 radical (unpaired) electrons. The standard InChI is InChI=1S/C20H25NO/c1-16(7-8-17-9-11-20(22-2)12-10-17)21-14-13-18-5-3-4-6-19(18)15-21/h3-6,9-12,16H,7-8,13-15H2,1-2H3/p+1/t16-/m1/s1.